The molecule has 1 aromatic rings. The summed E-state index contributed by atoms with van der Waals surface area (Å²) in [4.78, 5) is 2.35. The molecule has 0 amide bonds. The van der Waals surface area contributed by atoms with Gasteiger partial charge in [0.25, 0.3) is 0 Å². The number of nitrogens with one attached hydrogen (secondary N) is 1. The minimum absolute atomic E-state index is 0.284. The van der Waals surface area contributed by atoms with Crippen molar-refractivity contribution >= 4 is 5.69 Å². The number of hydrogen-bond acceptors (Lipinski definition) is 3. The van der Waals surface area contributed by atoms with Gasteiger partial charge in [-0.1, -0.05) is 25.5 Å². The molecule has 0 saturated carbocycles. The van der Waals surface area contributed by atoms with Crippen LogP contribution < -0.4 is 5.32 Å². The molecule has 20 heavy (non-hydrogen) atoms. The zero-order chi connectivity index (χ0) is 14.2. The molecular weight excluding hydrogens is 248 g/mol. The first kappa shape index (κ1) is 15.3. The number of aryl methyl sites for hydroxylation is 1. The third-order valence-electron chi connectivity index (χ3n) is 3.98. The van der Waals surface area contributed by atoms with Gasteiger partial charge in [0.15, 0.2) is 0 Å². The summed E-state index contributed by atoms with van der Waals surface area (Å²) in [7, 11) is 0. The SMILES string of the molecule is CCCCc1ccc(NCC(O)CN2CCCC2)cc1. The van der Waals surface area contributed by atoms with Crippen LogP contribution in [0.5, 0.6) is 0 Å². The van der Waals surface area contributed by atoms with Gasteiger partial charge >= 0.3 is 0 Å². The van der Waals surface area contributed by atoms with E-state index in [-0.39, 0.29) is 6.10 Å². The van der Waals surface area contributed by atoms with Crippen molar-refractivity contribution in [2.45, 2.75) is 45.1 Å². The van der Waals surface area contributed by atoms with Crippen molar-refractivity contribution in [3.8, 4) is 0 Å². The third kappa shape index (κ3) is 5.14. The van der Waals surface area contributed by atoms with Gasteiger partial charge in [0.05, 0.1) is 6.10 Å². The predicted octanol–water partition coefficient (Wildman–Crippen LogP) is 2.90. The van der Waals surface area contributed by atoms with Crippen LogP contribution in [-0.2, 0) is 6.42 Å². The van der Waals surface area contributed by atoms with Gasteiger partial charge in [-0.3, -0.25) is 0 Å². The van der Waals surface area contributed by atoms with Crippen LogP contribution in [0.4, 0.5) is 5.69 Å². The van der Waals surface area contributed by atoms with E-state index in [4.69, 9.17) is 0 Å². The van der Waals surface area contributed by atoms with E-state index in [9.17, 15) is 5.11 Å². The highest BCUT2D eigenvalue weighted by atomic mass is 16.3. The second-order valence-electron chi connectivity index (χ2n) is 5.84. The molecule has 0 aliphatic carbocycles. The van der Waals surface area contributed by atoms with Gasteiger partial charge in [-0.25, -0.2) is 0 Å². The number of likely N-dealkylation sites (tertiary alicyclic amines) is 1. The van der Waals surface area contributed by atoms with Crippen LogP contribution in [0.25, 0.3) is 0 Å². The van der Waals surface area contributed by atoms with Crippen LogP contribution in [0.3, 0.4) is 0 Å². The molecule has 0 bridgehead atoms. The molecule has 3 heteroatoms. The van der Waals surface area contributed by atoms with E-state index in [0.29, 0.717) is 6.54 Å². The fourth-order valence-electron chi connectivity index (χ4n) is 2.73. The number of benzene rings is 1. The molecule has 1 atom stereocenters. The Labute approximate surface area is 123 Å². The quantitative estimate of drug-likeness (QED) is 0.766. The van der Waals surface area contributed by atoms with Gasteiger partial charge in [-0.05, 0) is 56.5 Å². The van der Waals surface area contributed by atoms with Gasteiger partial charge < -0.3 is 15.3 Å². The average molecular weight is 276 g/mol. The molecule has 0 aromatic heterocycles. The molecule has 1 saturated heterocycles. The summed E-state index contributed by atoms with van der Waals surface area (Å²) in [5, 5.41) is 13.4. The molecule has 1 aliphatic heterocycles. The van der Waals surface area contributed by atoms with Gasteiger partial charge in [0.2, 0.25) is 0 Å². The molecular formula is C17H28N2O. The van der Waals surface area contributed by atoms with E-state index in [1.807, 2.05) is 0 Å². The van der Waals surface area contributed by atoms with Crippen LogP contribution in [0.1, 0.15) is 38.2 Å². The van der Waals surface area contributed by atoms with Crippen molar-refractivity contribution in [1.29, 1.82) is 0 Å². The number of aliphatic hydroxyl groups excluding tert-OH is 1. The Bertz CT molecular complexity index is 371. The van der Waals surface area contributed by atoms with E-state index >= 15 is 0 Å². The Balaban J connectivity index is 1.69. The Hall–Kier alpha value is -1.06. The standard InChI is InChI=1S/C17H28N2O/c1-2-3-6-15-7-9-16(10-8-15)18-13-17(20)14-19-11-4-5-12-19/h7-10,17-18,20H,2-6,11-14H2,1H3. The van der Waals surface area contributed by atoms with Crippen LogP contribution in [0.15, 0.2) is 24.3 Å². The summed E-state index contributed by atoms with van der Waals surface area (Å²) in [5.41, 5.74) is 2.50. The van der Waals surface area contributed by atoms with Crippen molar-refractivity contribution in [1.82, 2.24) is 4.90 Å². The lowest BCUT2D eigenvalue weighted by atomic mass is 10.1. The Kier molecular flexibility index (Phi) is 6.34. The normalized spacial score (nSPS) is 17.3. The number of unbranched alkanes of at least 4 members (excludes halogenated alkanes) is 1. The zero-order valence-corrected chi connectivity index (χ0v) is 12.6. The first-order chi connectivity index (χ1) is 9.78. The summed E-state index contributed by atoms with van der Waals surface area (Å²) >= 11 is 0. The van der Waals surface area contributed by atoms with E-state index in [1.54, 1.807) is 0 Å². The maximum atomic E-state index is 10.0. The van der Waals surface area contributed by atoms with Crippen molar-refractivity contribution in [2.75, 3.05) is 31.5 Å². The zero-order valence-electron chi connectivity index (χ0n) is 12.6. The van der Waals surface area contributed by atoms with Crippen molar-refractivity contribution < 1.29 is 5.11 Å². The lowest BCUT2D eigenvalue weighted by Crippen LogP contribution is -2.34. The molecule has 1 unspecified atom stereocenters. The van der Waals surface area contributed by atoms with Gasteiger partial charge in [0.1, 0.15) is 0 Å². The van der Waals surface area contributed by atoms with Crippen LogP contribution in [0, 0.1) is 0 Å². The van der Waals surface area contributed by atoms with Crippen LogP contribution >= 0.6 is 0 Å². The second-order valence-corrected chi connectivity index (χ2v) is 5.84. The van der Waals surface area contributed by atoms with Gasteiger partial charge in [-0.2, -0.15) is 0 Å². The lowest BCUT2D eigenvalue weighted by Gasteiger charge is -2.20. The molecule has 2 rings (SSSR count). The summed E-state index contributed by atoms with van der Waals surface area (Å²) < 4.78 is 0. The molecule has 2 N–H and O–H groups in total. The van der Waals surface area contributed by atoms with E-state index < -0.39 is 0 Å². The summed E-state index contributed by atoms with van der Waals surface area (Å²) in [6, 6.07) is 8.61. The highest BCUT2D eigenvalue weighted by Gasteiger charge is 2.15. The van der Waals surface area contributed by atoms with E-state index in [0.717, 1.165) is 31.7 Å². The molecule has 1 aromatic carbocycles. The number of aliphatic hydroxyl groups is 1. The highest BCUT2D eigenvalue weighted by Crippen LogP contribution is 2.12. The topological polar surface area (TPSA) is 35.5 Å². The van der Waals surface area contributed by atoms with Gasteiger partial charge in [-0.15, -0.1) is 0 Å². The minimum Gasteiger partial charge on any atom is -0.390 e. The number of nitrogens with zero attached hydrogens (tertiary/aromatic N) is 1. The summed E-state index contributed by atoms with van der Waals surface area (Å²) in [6.07, 6.45) is 5.92. The Morgan fingerprint density at radius 2 is 1.90 bits per heavy atom. The predicted molar refractivity (Wildman–Crippen MR) is 85.2 cm³/mol. The van der Waals surface area contributed by atoms with E-state index in [2.05, 4.69) is 41.4 Å². The van der Waals surface area contributed by atoms with E-state index in [1.165, 1.54) is 31.2 Å². The van der Waals surface area contributed by atoms with Crippen molar-refractivity contribution in [3.05, 3.63) is 29.8 Å². The smallest absolute Gasteiger partial charge is 0.0839 e. The van der Waals surface area contributed by atoms with Crippen LogP contribution in [-0.4, -0.2) is 42.3 Å². The van der Waals surface area contributed by atoms with Crippen LogP contribution in [0.2, 0.25) is 0 Å². The summed E-state index contributed by atoms with van der Waals surface area (Å²) in [5.74, 6) is 0. The lowest BCUT2D eigenvalue weighted by molar-refractivity contribution is 0.135. The summed E-state index contributed by atoms with van der Waals surface area (Å²) in [6.45, 7) is 5.93. The Morgan fingerprint density at radius 3 is 2.55 bits per heavy atom. The number of β-amino-alcohol motifs (C(OH)–C–C–N with tert-alkyl or cyclic N) is 1. The molecule has 3 nitrogen and oxygen atoms in total. The molecule has 112 valence electrons. The second kappa shape index (κ2) is 8.28. The molecule has 1 aliphatic rings. The monoisotopic (exact) mass is 276 g/mol. The maximum Gasteiger partial charge on any atom is 0.0839 e. The first-order valence-corrected chi connectivity index (χ1v) is 8.01. The van der Waals surface area contributed by atoms with Crippen molar-refractivity contribution in [2.24, 2.45) is 0 Å². The highest BCUT2D eigenvalue weighted by molar-refractivity contribution is 5.44. The largest absolute Gasteiger partial charge is 0.390 e. The minimum atomic E-state index is -0.284. The Morgan fingerprint density at radius 1 is 1.20 bits per heavy atom. The maximum absolute atomic E-state index is 10.0. The number of hydrogen-bond donors (Lipinski definition) is 2. The molecule has 0 radical (unpaired) electrons. The molecule has 0 spiro atoms. The van der Waals surface area contributed by atoms with Crippen molar-refractivity contribution in [3.63, 3.8) is 0 Å². The fourth-order valence-corrected chi connectivity index (χ4v) is 2.73. The average Bonchev–Trinajstić information content (AvgIpc) is 2.97. The third-order valence-corrected chi connectivity index (χ3v) is 3.98. The number of rotatable bonds is 8. The molecule has 1 fully saturated rings. The fraction of sp³-hybridized carbons (Fsp3) is 0.647. The first-order valence-electron chi connectivity index (χ1n) is 8.01. The van der Waals surface area contributed by atoms with Gasteiger partial charge in [0, 0.05) is 18.8 Å². The number of anilines is 1. The molecule has 1 heterocycles.